The van der Waals surface area contributed by atoms with Crippen LogP contribution >= 0.6 is 0 Å². The molecular weight excluding hydrogens is 456 g/mol. The van der Waals surface area contributed by atoms with Crippen molar-refractivity contribution >= 4 is 17.6 Å². The monoisotopic (exact) mass is 490 g/mol. The van der Waals surface area contributed by atoms with E-state index in [1.54, 1.807) is 31.3 Å². The smallest absolute Gasteiger partial charge is 0.319 e. The van der Waals surface area contributed by atoms with Gasteiger partial charge in [0, 0.05) is 25.9 Å². The van der Waals surface area contributed by atoms with E-state index in [1.165, 1.54) is 6.20 Å². The van der Waals surface area contributed by atoms with E-state index in [-0.39, 0.29) is 17.6 Å². The summed E-state index contributed by atoms with van der Waals surface area (Å²) in [6, 6.07) is 14.2. The van der Waals surface area contributed by atoms with Crippen LogP contribution in [0, 0.1) is 19.8 Å². The van der Waals surface area contributed by atoms with Crippen molar-refractivity contribution < 1.29 is 19.1 Å². The minimum atomic E-state index is -0.314. The molecule has 0 saturated carbocycles. The van der Waals surface area contributed by atoms with Gasteiger partial charge in [0.05, 0.1) is 12.3 Å². The summed E-state index contributed by atoms with van der Waals surface area (Å²) in [7, 11) is 1.55. The molecule has 0 spiro atoms. The van der Waals surface area contributed by atoms with Gasteiger partial charge in [-0.3, -0.25) is 9.78 Å². The van der Waals surface area contributed by atoms with Gasteiger partial charge in [0.25, 0.3) is 5.91 Å². The van der Waals surface area contributed by atoms with Gasteiger partial charge >= 0.3 is 6.03 Å². The van der Waals surface area contributed by atoms with Crippen molar-refractivity contribution in [2.24, 2.45) is 5.92 Å². The lowest BCUT2D eigenvalue weighted by Crippen LogP contribution is -2.28. The Bertz CT molecular complexity index is 1190. The van der Waals surface area contributed by atoms with Crippen molar-refractivity contribution in [2.45, 2.75) is 40.7 Å². The first-order chi connectivity index (χ1) is 17.2. The van der Waals surface area contributed by atoms with Crippen LogP contribution in [-0.2, 0) is 6.54 Å². The van der Waals surface area contributed by atoms with Gasteiger partial charge in [0.15, 0.2) is 0 Å². The Morgan fingerprint density at radius 1 is 0.972 bits per heavy atom. The van der Waals surface area contributed by atoms with Gasteiger partial charge in [-0.05, 0) is 73.2 Å². The molecule has 8 nitrogen and oxygen atoms in total. The predicted octanol–water partition coefficient (Wildman–Crippen LogP) is 5.60. The number of benzene rings is 2. The molecule has 0 bridgehead atoms. The largest absolute Gasteiger partial charge is 0.491 e. The van der Waals surface area contributed by atoms with Crippen LogP contribution < -0.4 is 25.4 Å². The number of urea groups is 1. The van der Waals surface area contributed by atoms with Gasteiger partial charge in [-0.2, -0.15) is 0 Å². The Balaban J connectivity index is 1.56. The molecule has 2 aromatic carbocycles. The van der Waals surface area contributed by atoms with Crippen molar-refractivity contribution in [2.75, 3.05) is 19.0 Å². The van der Waals surface area contributed by atoms with Gasteiger partial charge in [-0.1, -0.05) is 26.0 Å². The third-order valence-electron chi connectivity index (χ3n) is 5.60. The number of carbonyl (C=O) groups is 2. The van der Waals surface area contributed by atoms with Crippen LogP contribution in [0.4, 0.5) is 10.5 Å². The number of aryl methyl sites for hydroxylation is 2. The normalized spacial score (nSPS) is 10.6. The first kappa shape index (κ1) is 26.5. The number of hydrogen-bond acceptors (Lipinski definition) is 5. The quantitative estimate of drug-likeness (QED) is 0.344. The molecular formula is C28H34N4O4. The molecule has 0 aliphatic carbocycles. The molecule has 0 unspecified atom stereocenters. The van der Waals surface area contributed by atoms with Crippen molar-refractivity contribution in [3.8, 4) is 17.2 Å². The molecule has 190 valence electrons. The standard InChI is InChI=1S/C28H34N4O4/c1-18(2)11-13-35-26-15-20(4)19(3)14-24(26)32-28(34)31-17-21-6-8-22(9-7-21)36-23-10-12-30-25(16-23)27(33)29-5/h6-10,12,14-16,18H,11,13,17H2,1-5H3,(H,29,33)(H2,31,32,34). The Labute approximate surface area is 212 Å². The van der Waals surface area contributed by atoms with E-state index in [2.05, 4.69) is 34.8 Å². The lowest BCUT2D eigenvalue weighted by atomic mass is 10.1. The highest BCUT2D eigenvalue weighted by Gasteiger charge is 2.11. The van der Waals surface area contributed by atoms with Crippen molar-refractivity contribution in [1.82, 2.24) is 15.6 Å². The van der Waals surface area contributed by atoms with E-state index in [4.69, 9.17) is 9.47 Å². The zero-order valence-electron chi connectivity index (χ0n) is 21.5. The van der Waals surface area contributed by atoms with Crippen LogP contribution in [0.3, 0.4) is 0 Å². The first-order valence-corrected chi connectivity index (χ1v) is 12.0. The number of anilines is 1. The Kier molecular flexibility index (Phi) is 9.27. The number of carbonyl (C=O) groups excluding carboxylic acids is 2. The number of nitrogens with one attached hydrogen (secondary N) is 3. The van der Waals surface area contributed by atoms with Gasteiger partial charge in [0.2, 0.25) is 0 Å². The molecule has 0 saturated heterocycles. The minimum absolute atomic E-state index is 0.277. The van der Waals surface area contributed by atoms with E-state index >= 15 is 0 Å². The van der Waals surface area contributed by atoms with Crippen molar-refractivity contribution in [3.05, 3.63) is 77.1 Å². The summed E-state index contributed by atoms with van der Waals surface area (Å²) in [4.78, 5) is 28.4. The molecule has 8 heteroatoms. The number of ether oxygens (including phenoxy) is 2. The maximum atomic E-state index is 12.6. The summed E-state index contributed by atoms with van der Waals surface area (Å²) >= 11 is 0. The Morgan fingerprint density at radius 3 is 2.39 bits per heavy atom. The minimum Gasteiger partial charge on any atom is -0.491 e. The van der Waals surface area contributed by atoms with Gasteiger partial charge in [0.1, 0.15) is 22.9 Å². The van der Waals surface area contributed by atoms with Crippen LogP contribution in [0.1, 0.15) is 47.4 Å². The number of nitrogens with zero attached hydrogens (tertiary/aromatic N) is 1. The lowest BCUT2D eigenvalue weighted by Gasteiger charge is -2.16. The van der Waals surface area contributed by atoms with Crippen LogP contribution in [0.5, 0.6) is 17.2 Å². The number of rotatable bonds is 10. The molecule has 3 N–H and O–H groups in total. The van der Waals surface area contributed by atoms with Gasteiger partial charge in [-0.15, -0.1) is 0 Å². The average molecular weight is 491 g/mol. The summed E-state index contributed by atoms with van der Waals surface area (Å²) < 4.78 is 11.8. The summed E-state index contributed by atoms with van der Waals surface area (Å²) in [5, 5.41) is 8.33. The molecule has 3 rings (SSSR count). The van der Waals surface area contributed by atoms with Crippen molar-refractivity contribution in [3.63, 3.8) is 0 Å². The maximum absolute atomic E-state index is 12.6. The molecule has 0 fully saturated rings. The maximum Gasteiger partial charge on any atom is 0.319 e. The summed E-state index contributed by atoms with van der Waals surface area (Å²) in [5.74, 6) is 2.04. The van der Waals surface area contributed by atoms with Crippen LogP contribution in [0.2, 0.25) is 0 Å². The highest BCUT2D eigenvalue weighted by Crippen LogP contribution is 2.29. The van der Waals surface area contributed by atoms with E-state index in [1.807, 2.05) is 38.1 Å². The van der Waals surface area contributed by atoms with E-state index in [0.29, 0.717) is 42.0 Å². The molecule has 3 amide bonds. The van der Waals surface area contributed by atoms with E-state index < -0.39 is 0 Å². The van der Waals surface area contributed by atoms with E-state index in [0.717, 1.165) is 23.1 Å². The zero-order valence-corrected chi connectivity index (χ0v) is 21.5. The van der Waals surface area contributed by atoms with Gasteiger partial charge in [-0.25, -0.2) is 4.79 Å². The van der Waals surface area contributed by atoms with Crippen LogP contribution in [-0.4, -0.2) is 30.6 Å². The number of aromatic nitrogens is 1. The molecule has 0 atom stereocenters. The lowest BCUT2D eigenvalue weighted by molar-refractivity contribution is 0.0957. The SMILES string of the molecule is CNC(=O)c1cc(Oc2ccc(CNC(=O)Nc3cc(C)c(C)cc3OCCC(C)C)cc2)ccn1. The number of pyridine rings is 1. The molecule has 0 radical (unpaired) electrons. The van der Waals surface area contributed by atoms with Gasteiger partial charge < -0.3 is 25.4 Å². The number of hydrogen-bond donors (Lipinski definition) is 3. The van der Waals surface area contributed by atoms with Crippen LogP contribution in [0.25, 0.3) is 0 Å². The Hall–Kier alpha value is -4.07. The number of amides is 3. The molecule has 36 heavy (non-hydrogen) atoms. The zero-order chi connectivity index (χ0) is 26.1. The first-order valence-electron chi connectivity index (χ1n) is 12.0. The third-order valence-corrected chi connectivity index (χ3v) is 5.60. The topological polar surface area (TPSA) is 102 Å². The second kappa shape index (κ2) is 12.6. The third kappa shape index (κ3) is 7.73. The van der Waals surface area contributed by atoms with E-state index in [9.17, 15) is 9.59 Å². The second-order valence-electron chi connectivity index (χ2n) is 8.97. The average Bonchev–Trinajstić information content (AvgIpc) is 2.86. The summed E-state index contributed by atoms with van der Waals surface area (Å²) in [6.07, 6.45) is 2.46. The molecule has 1 heterocycles. The fraction of sp³-hybridized carbons (Fsp3) is 0.321. The van der Waals surface area contributed by atoms with Crippen LogP contribution in [0.15, 0.2) is 54.7 Å². The second-order valence-corrected chi connectivity index (χ2v) is 8.97. The highest BCUT2D eigenvalue weighted by molar-refractivity contribution is 5.92. The molecule has 0 aliphatic rings. The molecule has 0 aliphatic heterocycles. The fourth-order valence-electron chi connectivity index (χ4n) is 3.30. The summed E-state index contributed by atoms with van der Waals surface area (Å²) in [5.41, 5.74) is 4.02. The predicted molar refractivity (Wildman–Crippen MR) is 141 cm³/mol. The Morgan fingerprint density at radius 2 is 1.69 bits per heavy atom. The summed E-state index contributed by atoms with van der Waals surface area (Å²) in [6.45, 7) is 9.27. The fourth-order valence-corrected chi connectivity index (χ4v) is 3.30. The molecule has 1 aromatic heterocycles. The van der Waals surface area contributed by atoms with Crippen molar-refractivity contribution in [1.29, 1.82) is 0 Å². The highest BCUT2D eigenvalue weighted by atomic mass is 16.5. The molecule has 3 aromatic rings.